The Balaban J connectivity index is 1.44. The number of hydrazine groups is 1. The van der Waals surface area contributed by atoms with Gasteiger partial charge in [-0.1, -0.05) is 19.4 Å². The van der Waals surface area contributed by atoms with Gasteiger partial charge >= 0.3 is 0 Å². The van der Waals surface area contributed by atoms with Crippen molar-refractivity contribution in [3.8, 4) is 0 Å². The Morgan fingerprint density at radius 1 is 1.26 bits per heavy atom. The fraction of sp³-hybridized carbons (Fsp3) is 0.647. The minimum Gasteiger partial charge on any atom is -0.339 e. The van der Waals surface area contributed by atoms with Crippen molar-refractivity contribution < 1.29 is 4.79 Å². The number of hydrogen-bond donors (Lipinski definition) is 2. The van der Waals surface area contributed by atoms with E-state index < -0.39 is 0 Å². The molecule has 126 valence electrons. The predicted octanol–water partition coefficient (Wildman–Crippen LogP) is 0.761. The lowest BCUT2D eigenvalue weighted by Gasteiger charge is -2.35. The summed E-state index contributed by atoms with van der Waals surface area (Å²) in [5, 5.41) is 0. The summed E-state index contributed by atoms with van der Waals surface area (Å²) < 4.78 is 0. The lowest BCUT2D eigenvalue weighted by atomic mass is 10.0. The molecule has 2 N–H and O–H groups in total. The van der Waals surface area contributed by atoms with Crippen molar-refractivity contribution in [3.63, 3.8) is 0 Å². The van der Waals surface area contributed by atoms with Crippen LogP contribution in [0.5, 0.6) is 0 Å². The van der Waals surface area contributed by atoms with E-state index in [1.807, 2.05) is 23.2 Å². The first-order valence-corrected chi connectivity index (χ1v) is 8.68. The van der Waals surface area contributed by atoms with Gasteiger partial charge in [-0.15, -0.1) is 0 Å². The molecule has 0 spiro atoms. The van der Waals surface area contributed by atoms with E-state index in [0.717, 1.165) is 57.7 Å². The number of nitrogens with zero attached hydrogens (tertiary/aromatic N) is 3. The first-order valence-electron chi connectivity index (χ1n) is 8.68. The van der Waals surface area contributed by atoms with Gasteiger partial charge in [-0.05, 0) is 25.0 Å². The molecule has 1 aromatic heterocycles. The van der Waals surface area contributed by atoms with Crippen molar-refractivity contribution in [1.82, 2.24) is 25.6 Å². The molecule has 0 aromatic carbocycles. The summed E-state index contributed by atoms with van der Waals surface area (Å²) in [7, 11) is 0. The van der Waals surface area contributed by atoms with Crippen LogP contribution in [0.15, 0.2) is 24.4 Å². The van der Waals surface area contributed by atoms with Crippen molar-refractivity contribution in [3.05, 3.63) is 30.1 Å². The number of piperazine rings is 1. The van der Waals surface area contributed by atoms with Crippen LogP contribution in [0.1, 0.15) is 31.9 Å². The molecule has 2 unspecified atom stereocenters. The summed E-state index contributed by atoms with van der Waals surface area (Å²) in [5.41, 5.74) is 7.52. The third-order valence-corrected chi connectivity index (χ3v) is 4.71. The Morgan fingerprint density at radius 2 is 2.09 bits per heavy atom. The summed E-state index contributed by atoms with van der Waals surface area (Å²) in [6.07, 6.45) is 5.00. The molecule has 2 aliphatic heterocycles. The molecular weight excluding hydrogens is 290 g/mol. The smallest absolute Gasteiger partial charge is 0.241 e. The maximum Gasteiger partial charge on any atom is 0.241 e. The molecule has 0 saturated carbocycles. The van der Waals surface area contributed by atoms with E-state index in [-0.39, 0.29) is 11.9 Å². The molecule has 3 heterocycles. The van der Waals surface area contributed by atoms with E-state index in [1.165, 1.54) is 0 Å². The average Bonchev–Trinajstić information content (AvgIpc) is 3.05. The zero-order chi connectivity index (χ0) is 16.1. The maximum atomic E-state index is 12.6. The van der Waals surface area contributed by atoms with Crippen LogP contribution >= 0.6 is 0 Å². The number of nitrogens with one attached hydrogen (secondary N) is 2. The minimum absolute atomic E-state index is 0.0612. The highest BCUT2D eigenvalue weighted by Gasteiger charge is 2.33. The van der Waals surface area contributed by atoms with Crippen LogP contribution in [0.4, 0.5) is 0 Å². The molecule has 2 fully saturated rings. The Kier molecular flexibility index (Phi) is 5.59. The number of aromatic nitrogens is 1. The van der Waals surface area contributed by atoms with Crippen molar-refractivity contribution in [2.75, 3.05) is 26.2 Å². The molecule has 1 aromatic rings. The van der Waals surface area contributed by atoms with Gasteiger partial charge in [0.25, 0.3) is 0 Å². The number of rotatable bonds is 5. The Labute approximate surface area is 138 Å². The molecule has 2 saturated heterocycles. The second kappa shape index (κ2) is 7.86. The summed E-state index contributed by atoms with van der Waals surface area (Å²) in [6, 6.07) is 6.38. The zero-order valence-corrected chi connectivity index (χ0v) is 13.9. The third-order valence-electron chi connectivity index (χ3n) is 4.71. The quantitative estimate of drug-likeness (QED) is 0.840. The fourth-order valence-electron chi connectivity index (χ4n) is 3.39. The average molecular weight is 317 g/mol. The molecule has 6 nitrogen and oxygen atoms in total. The van der Waals surface area contributed by atoms with Gasteiger partial charge in [-0.3, -0.25) is 20.1 Å². The van der Waals surface area contributed by atoms with E-state index in [2.05, 4.69) is 33.7 Å². The van der Waals surface area contributed by atoms with Crippen LogP contribution in [0.25, 0.3) is 0 Å². The van der Waals surface area contributed by atoms with Crippen LogP contribution in [-0.4, -0.2) is 59.0 Å². The van der Waals surface area contributed by atoms with Crippen LogP contribution in [0, 0.1) is 0 Å². The number of carbonyl (C=O) groups excluding carboxylic acids is 1. The van der Waals surface area contributed by atoms with Crippen molar-refractivity contribution in [2.45, 2.75) is 44.8 Å². The molecule has 0 aliphatic carbocycles. The summed E-state index contributed by atoms with van der Waals surface area (Å²) in [6.45, 7) is 6.49. The van der Waals surface area contributed by atoms with E-state index in [4.69, 9.17) is 0 Å². The zero-order valence-electron chi connectivity index (χ0n) is 13.9. The summed E-state index contributed by atoms with van der Waals surface area (Å²) in [5.74, 6) is 0.244. The maximum absolute atomic E-state index is 12.6. The number of hydrogen-bond acceptors (Lipinski definition) is 5. The molecule has 3 rings (SSSR count). The topological polar surface area (TPSA) is 60.5 Å². The standard InChI is InChI=1S/C17H27N5O/c1-2-5-14-12-16(20-19-14)17(23)22-10-8-21(9-11-22)13-15-6-3-4-7-18-15/h3-4,6-7,14,16,19-20H,2,5,8-13H2,1H3. The predicted molar refractivity (Wildman–Crippen MR) is 89.5 cm³/mol. The van der Waals surface area contributed by atoms with Gasteiger partial charge in [0, 0.05) is 45.0 Å². The van der Waals surface area contributed by atoms with Crippen LogP contribution in [0.3, 0.4) is 0 Å². The highest BCUT2D eigenvalue weighted by Crippen LogP contribution is 2.14. The molecule has 23 heavy (non-hydrogen) atoms. The van der Waals surface area contributed by atoms with E-state index in [9.17, 15) is 4.79 Å². The van der Waals surface area contributed by atoms with Gasteiger partial charge < -0.3 is 4.90 Å². The largest absolute Gasteiger partial charge is 0.339 e. The Bertz CT molecular complexity index is 501. The van der Waals surface area contributed by atoms with E-state index >= 15 is 0 Å². The second-order valence-corrected chi connectivity index (χ2v) is 6.49. The van der Waals surface area contributed by atoms with Crippen molar-refractivity contribution >= 4 is 5.91 Å². The summed E-state index contributed by atoms with van der Waals surface area (Å²) in [4.78, 5) is 21.4. The molecule has 0 bridgehead atoms. The van der Waals surface area contributed by atoms with Gasteiger partial charge in [0.15, 0.2) is 0 Å². The third kappa shape index (κ3) is 4.28. The van der Waals surface area contributed by atoms with Crippen LogP contribution in [-0.2, 0) is 11.3 Å². The van der Waals surface area contributed by atoms with Gasteiger partial charge in [-0.25, -0.2) is 5.43 Å². The van der Waals surface area contributed by atoms with Gasteiger partial charge in [0.2, 0.25) is 5.91 Å². The van der Waals surface area contributed by atoms with E-state index in [1.54, 1.807) is 0 Å². The van der Waals surface area contributed by atoms with Crippen molar-refractivity contribution in [1.29, 1.82) is 0 Å². The Morgan fingerprint density at radius 3 is 2.78 bits per heavy atom. The SMILES string of the molecule is CCCC1CC(C(=O)N2CCN(Cc3ccccn3)CC2)NN1. The summed E-state index contributed by atoms with van der Waals surface area (Å²) >= 11 is 0. The molecular formula is C17H27N5O. The van der Waals surface area contributed by atoms with Gasteiger partial charge in [0.05, 0.1) is 5.69 Å². The number of amides is 1. The minimum atomic E-state index is -0.0612. The molecule has 6 heteroatoms. The lowest BCUT2D eigenvalue weighted by molar-refractivity contribution is -0.135. The van der Waals surface area contributed by atoms with Gasteiger partial charge in [0.1, 0.15) is 6.04 Å². The normalized spacial score (nSPS) is 25.7. The van der Waals surface area contributed by atoms with Crippen LogP contribution < -0.4 is 10.9 Å². The molecule has 2 aliphatic rings. The lowest BCUT2D eigenvalue weighted by Crippen LogP contribution is -2.53. The number of carbonyl (C=O) groups is 1. The second-order valence-electron chi connectivity index (χ2n) is 6.49. The number of pyridine rings is 1. The highest BCUT2D eigenvalue weighted by molar-refractivity contribution is 5.82. The van der Waals surface area contributed by atoms with E-state index in [0.29, 0.717) is 6.04 Å². The molecule has 0 radical (unpaired) electrons. The van der Waals surface area contributed by atoms with Crippen molar-refractivity contribution in [2.24, 2.45) is 0 Å². The fourth-order valence-corrected chi connectivity index (χ4v) is 3.39. The Hall–Kier alpha value is -1.50. The molecule has 1 amide bonds. The van der Waals surface area contributed by atoms with Gasteiger partial charge in [-0.2, -0.15) is 0 Å². The highest BCUT2D eigenvalue weighted by atomic mass is 16.2. The van der Waals surface area contributed by atoms with Crippen LogP contribution in [0.2, 0.25) is 0 Å². The first-order chi connectivity index (χ1) is 11.3. The molecule has 2 atom stereocenters. The first kappa shape index (κ1) is 16.4. The monoisotopic (exact) mass is 317 g/mol.